The zero-order valence-corrected chi connectivity index (χ0v) is 12.0. The number of fused-ring (bicyclic) bond motifs is 3. The first kappa shape index (κ1) is 12.5. The Labute approximate surface area is 131 Å². The Balaban J connectivity index is 1.66. The van der Waals surface area contributed by atoms with Crippen LogP contribution < -0.4 is 9.47 Å². The lowest BCUT2D eigenvalue weighted by Gasteiger charge is -2.13. The maximum absolute atomic E-state index is 12.5. The molecule has 0 fully saturated rings. The summed E-state index contributed by atoms with van der Waals surface area (Å²) in [5.41, 5.74) is 2.58. The van der Waals surface area contributed by atoms with E-state index in [-0.39, 0.29) is 19.0 Å². The number of ketones is 1. The number of furan rings is 1. The van der Waals surface area contributed by atoms with Crippen molar-refractivity contribution in [2.75, 3.05) is 6.79 Å². The van der Waals surface area contributed by atoms with Gasteiger partial charge >= 0.3 is 0 Å². The van der Waals surface area contributed by atoms with Crippen molar-refractivity contribution in [3.8, 4) is 11.5 Å². The minimum Gasteiger partial charge on any atom is -0.455 e. The normalized spacial score (nSPS) is 15.7. The molecule has 5 heteroatoms. The Kier molecular flexibility index (Phi) is 2.42. The monoisotopic (exact) mass is 305 g/mol. The van der Waals surface area contributed by atoms with Crippen LogP contribution in [0.2, 0.25) is 0 Å². The second kappa shape index (κ2) is 4.46. The first-order valence-corrected chi connectivity index (χ1v) is 7.31. The molecular weight excluding hydrogens is 294 g/mol. The largest absolute Gasteiger partial charge is 0.455 e. The van der Waals surface area contributed by atoms with Gasteiger partial charge in [0.05, 0.1) is 17.8 Å². The number of carbonyl (C=O) groups excluding carboxylic acids is 1. The smallest absolute Gasteiger partial charge is 0.231 e. The third-order valence-corrected chi connectivity index (χ3v) is 4.08. The van der Waals surface area contributed by atoms with Crippen LogP contribution in [0.25, 0.3) is 11.0 Å². The van der Waals surface area contributed by atoms with Crippen LogP contribution in [0.1, 0.15) is 22.5 Å². The third kappa shape index (κ3) is 1.86. The van der Waals surface area contributed by atoms with Gasteiger partial charge in [0.2, 0.25) is 6.79 Å². The summed E-state index contributed by atoms with van der Waals surface area (Å²) in [6.07, 6.45) is 0.215. The SMILES string of the molecule is O=C1CC(c2cc3ccccc3o2)=Nc2cc3c(cc21)OCO3. The van der Waals surface area contributed by atoms with E-state index in [1.807, 2.05) is 30.3 Å². The van der Waals surface area contributed by atoms with E-state index in [4.69, 9.17) is 13.9 Å². The van der Waals surface area contributed by atoms with E-state index in [1.54, 1.807) is 12.1 Å². The highest BCUT2D eigenvalue weighted by Crippen LogP contribution is 2.40. The van der Waals surface area contributed by atoms with E-state index >= 15 is 0 Å². The minimum atomic E-state index is 0.00348. The average Bonchev–Trinajstić information content (AvgIpc) is 3.19. The number of carbonyl (C=O) groups is 1. The number of para-hydroxylation sites is 1. The predicted molar refractivity (Wildman–Crippen MR) is 83.9 cm³/mol. The molecule has 5 rings (SSSR count). The van der Waals surface area contributed by atoms with Gasteiger partial charge < -0.3 is 13.9 Å². The summed E-state index contributed by atoms with van der Waals surface area (Å²) in [6.45, 7) is 0.173. The first-order chi connectivity index (χ1) is 11.3. The van der Waals surface area contributed by atoms with Crippen molar-refractivity contribution in [1.82, 2.24) is 0 Å². The molecule has 0 bridgehead atoms. The average molecular weight is 305 g/mol. The Morgan fingerprint density at radius 2 is 1.83 bits per heavy atom. The molecular formula is C18H11NO4. The molecule has 1 aromatic heterocycles. The van der Waals surface area contributed by atoms with Crippen molar-refractivity contribution in [3.63, 3.8) is 0 Å². The Hall–Kier alpha value is -3.08. The third-order valence-electron chi connectivity index (χ3n) is 4.08. The lowest BCUT2D eigenvalue weighted by molar-refractivity contribution is 0.0999. The number of aliphatic imine (C=N–C) groups is 1. The van der Waals surface area contributed by atoms with Crippen molar-refractivity contribution < 1.29 is 18.7 Å². The topological polar surface area (TPSA) is 61.0 Å². The molecule has 23 heavy (non-hydrogen) atoms. The van der Waals surface area contributed by atoms with Crippen LogP contribution >= 0.6 is 0 Å². The maximum atomic E-state index is 12.5. The van der Waals surface area contributed by atoms with Gasteiger partial charge in [-0.05, 0) is 18.2 Å². The molecule has 0 spiro atoms. The van der Waals surface area contributed by atoms with E-state index in [0.29, 0.717) is 34.2 Å². The van der Waals surface area contributed by atoms with Crippen molar-refractivity contribution >= 4 is 28.2 Å². The van der Waals surface area contributed by atoms with Crippen LogP contribution in [0, 0.1) is 0 Å². The summed E-state index contributed by atoms with van der Waals surface area (Å²) in [5.74, 6) is 1.84. The molecule has 0 atom stereocenters. The molecule has 3 heterocycles. The molecule has 112 valence electrons. The number of ether oxygens (including phenoxy) is 2. The first-order valence-electron chi connectivity index (χ1n) is 7.31. The zero-order valence-electron chi connectivity index (χ0n) is 12.0. The quantitative estimate of drug-likeness (QED) is 0.684. The summed E-state index contributed by atoms with van der Waals surface area (Å²) in [4.78, 5) is 17.1. The lowest BCUT2D eigenvalue weighted by Crippen LogP contribution is -2.13. The van der Waals surface area contributed by atoms with Gasteiger partial charge in [-0.25, -0.2) is 4.99 Å². The highest BCUT2D eigenvalue weighted by atomic mass is 16.7. The van der Waals surface area contributed by atoms with Crippen molar-refractivity contribution in [1.29, 1.82) is 0 Å². The van der Waals surface area contributed by atoms with Gasteiger partial charge in [-0.2, -0.15) is 0 Å². The fourth-order valence-electron chi connectivity index (χ4n) is 2.95. The number of hydrogen-bond donors (Lipinski definition) is 0. The number of Topliss-reactive ketones (excluding diaryl/α,β-unsaturated/α-hetero) is 1. The van der Waals surface area contributed by atoms with Gasteiger partial charge in [0.15, 0.2) is 17.3 Å². The van der Waals surface area contributed by atoms with Crippen molar-refractivity contribution in [3.05, 3.63) is 53.8 Å². The number of benzene rings is 2. The van der Waals surface area contributed by atoms with Gasteiger partial charge in [0.25, 0.3) is 0 Å². The summed E-state index contributed by atoms with van der Waals surface area (Å²) in [5, 5.41) is 0.995. The fraction of sp³-hybridized carbons (Fsp3) is 0.111. The van der Waals surface area contributed by atoms with E-state index in [0.717, 1.165) is 11.0 Å². The van der Waals surface area contributed by atoms with Crippen LogP contribution in [0.4, 0.5) is 5.69 Å². The van der Waals surface area contributed by atoms with Gasteiger partial charge in [-0.3, -0.25) is 4.79 Å². The predicted octanol–water partition coefficient (Wildman–Crippen LogP) is 3.87. The van der Waals surface area contributed by atoms with Crippen LogP contribution in [-0.4, -0.2) is 18.3 Å². The molecule has 2 aliphatic heterocycles. The molecule has 2 aliphatic rings. The Morgan fingerprint density at radius 3 is 2.70 bits per heavy atom. The Bertz CT molecular complexity index is 966. The van der Waals surface area contributed by atoms with Crippen LogP contribution in [-0.2, 0) is 0 Å². The summed E-state index contributed by atoms with van der Waals surface area (Å²) in [6, 6.07) is 13.1. The highest BCUT2D eigenvalue weighted by Gasteiger charge is 2.27. The molecule has 3 aromatic rings. The molecule has 0 N–H and O–H groups in total. The van der Waals surface area contributed by atoms with E-state index in [9.17, 15) is 4.79 Å². The fourth-order valence-corrected chi connectivity index (χ4v) is 2.95. The van der Waals surface area contributed by atoms with Crippen LogP contribution in [0.3, 0.4) is 0 Å². The summed E-state index contributed by atoms with van der Waals surface area (Å²) >= 11 is 0. The molecule has 5 nitrogen and oxygen atoms in total. The molecule has 0 aliphatic carbocycles. The van der Waals surface area contributed by atoms with E-state index in [2.05, 4.69) is 4.99 Å². The van der Waals surface area contributed by atoms with Gasteiger partial charge in [0, 0.05) is 17.0 Å². The summed E-state index contributed by atoms with van der Waals surface area (Å²) in [7, 11) is 0. The number of rotatable bonds is 1. The van der Waals surface area contributed by atoms with Gasteiger partial charge in [-0.1, -0.05) is 18.2 Å². The molecule has 0 radical (unpaired) electrons. The number of hydrogen-bond acceptors (Lipinski definition) is 5. The summed E-state index contributed by atoms with van der Waals surface area (Å²) < 4.78 is 16.5. The van der Waals surface area contributed by atoms with Crippen LogP contribution in [0.15, 0.2) is 51.9 Å². The van der Waals surface area contributed by atoms with E-state index in [1.165, 1.54) is 0 Å². The van der Waals surface area contributed by atoms with E-state index < -0.39 is 0 Å². The van der Waals surface area contributed by atoms with Gasteiger partial charge in [-0.15, -0.1) is 0 Å². The highest BCUT2D eigenvalue weighted by molar-refractivity contribution is 6.20. The second-order valence-electron chi connectivity index (χ2n) is 5.53. The second-order valence-corrected chi connectivity index (χ2v) is 5.53. The standard InChI is InChI=1S/C18H11NO4/c20-14-7-13(16-5-10-3-1-2-4-15(10)23-16)19-12-8-18-17(6-11(12)14)21-9-22-18/h1-6,8H,7,9H2. The Morgan fingerprint density at radius 1 is 1.00 bits per heavy atom. The number of nitrogens with zero attached hydrogens (tertiary/aromatic N) is 1. The van der Waals surface area contributed by atoms with Crippen molar-refractivity contribution in [2.45, 2.75) is 6.42 Å². The minimum absolute atomic E-state index is 0.00348. The van der Waals surface area contributed by atoms with Crippen LogP contribution in [0.5, 0.6) is 11.5 Å². The molecule has 0 unspecified atom stereocenters. The van der Waals surface area contributed by atoms with Crippen molar-refractivity contribution in [2.24, 2.45) is 4.99 Å². The molecule has 2 aromatic carbocycles. The molecule has 0 amide bonds. The zero-order chi connectivity index (χ0) is 15.4. The molecule has 0 saturated carbocycles. The maximum Gasteiger partial charge on any atom is 0.231 e. The molecule has 0 saturated heterocycles. The van der Waals surface area contributed by atoms with Gasteiger partial charge in [0.1, 0.15) is 11.3 Å². The lowest BCUT2D eigenvalue weighted by atomic mass is 9.98.